The molecule has 0 radical (unpaired) electrons. The molecule has 2 rings (SSSR count). The molecular formula is C23H33O6P. The Labute approximate surface area is 180 Å². The average molecular weight is 436 g/mol. The van der Waals surface area contributed by atoms with Crippen LogP contribution >= 0.6 is 7.60 Å². The minimum atomic E-state index is -3.24. The second kappa shape index (κ2) is 11.5. The van der Waals surface area contributed by atoms with Gasteiger partial charge < -0.3 is 23.3 Å². The van der Waals surface area contributed by atoms with Crippen molar-refractivity contribution in [2.75, 3.05) is 33.5 Å². The number of methoxy groups -OCH3 is 1. The van der Waals surface area contributed by atoms with Crippen molar-refractivity contribution in [1.29, 1.82) is 0 Å². The molecule has 0 aliphatic carbocycles. The molecule has 0 saturated carbocycles. The van der Waals surface area contributed by atoms with Crippen molar-refractivity contribution in [2.24, 2.45) is 0 Å². The molecule has 2 aromatic rings. The van der Waals surface area contributed by atoms with Gasteiger partial charge in [-0.3, -0.25) is 4.57 Å². The lowest BCUT2D eigenvalue weighted by Crippen LogP contribution is -2.06. The number of ether oxygens (including phenoxy) is 3. The predicted octanol–water partition coefficient (Wildman–Crippen LogP) is 5.79. The Morgan fingerprint density at radius 1 is 0.867 bits per heavy atom. The van der Waals surface area contributed by atoms with E-state index in [1.165, 1.54) is 11.1 Å². The average Bonchev–Trinajstić information content (AvgIpc) is 2.69. The summed E-state index contributed by atoms with van der Waals surface area (Å²) in [5.74, 6) is 1.48. The number of hydrogen-bond donors (Lipinski definition) is 0. The van der Waals surface area contributed by atoms with Gasteiger partial charge in [-0.1, -0.05) is 12.1 Å². The fourth-order valence-electron chi connectivity index (χ4n) is 3.28. The van der Waals surface area contributed by atoms with E-state index < -0.39 is 7.60 Å². The van der Waals surface area contributed by atoms with Gasteiger partial charge in [0.05, 0.1) is 13.2 Å². The molecule has 2 aromatic carbocycles. The summed E-state index contributed by atoms with van der Waals surface area (Å²) in [6, 6.07) is 10.1. The van der Waals surface area contributed by atoms with Gasteiger partial charge in [0, 0.05) is 7.11 Å². The van der Waals surface area contributed by atoms with E-state index in [4.69, 9.17) is 23.3 Å². The first kappa shape index (κ1) is 24.4. The minimum Gasteiger partial charge on any atom is -0.481 e. The molecule has 0 spiro atoms. The Balaban J connectivity index is 2.13. The number of rotatable bonds is 12. The Morgan fingerprint density at radius 3 is 2.03 bits per heavy atom. The lowest BCUT2D eigenvalue weighted by atomic mass is 9.95. The van der Waals surface area contributed by atoms with Crippen LogP contribution in [-0.4, -0.2) is 33.5 Å². The van der Waals surface area contributed by atoms with Crippen molar-refractivity contribution in [3.63, 3.8) is 0 Å². The Hall–Kier alpha value is -1.85. The molecule has 166 valence electrons. The largest absolute Gasteiger partial charge is 0.481 e. The van der Waals surface area contributed by atoms with Crippen molar-refractivity contribution < 1.29 is 27.8 Å². The first-order valence-electron chi connectivity index (χ1n) is 10.1. The number of aryl methyl sites for hydroxylation is 3. The van der Waals surface area contributed by atoms with Crippen LogP contribution in [0.5, 0.6) is 11.5 Å². The van der Waals surface area contributed by atoms with Crippen LogP contribution in [0.15, 0.2) is 30.3 Å². The van der Waals surface area contributed by atoms with Crippen molar-refractivity contribution in [3.8, 4) is 11.5 Å². The van der Waals surface area contributed by atoms with Crippen LogP contribution < -0.4 is 9.47 Å². The Kier molecular flexibility index (Phi) is 9.37. The third-order valence-electron chi connectivity index (χ3n) is 4.66. The van der Waals surface area contributed by atoms with Gasteiger partial charge in [0.2, 0.25) is 0 Å². The standard InChI is InChI=1S/C23H33O6P/c1-7-28-30(24,29-8-2)16-27-21-12-17(3)22(18(4)13-21)14-20-9-10-23(19(5)11-20)26-15-25-6/h9-13H,7-8,14-16H2,1-6H3. The maximum Gasteiger partial charge on any atom is 0.367 e. The van der Waals surface area contributed by atoms with E-state index in [0.717, 1.165) is 28.9 Å². The highest BCUT2D eigenvalue weighted by molar-refractivity contribution is 7.53. The fourth-order valence-corrected chi connectivity index (χ4v) is 4.60. The van der Waals surface area contributed by atoms with Gasteiger partial charge in [-0.15, -0.1) is 0 Å². The lowest BCUT2D eigenvalue weighted by molar-refractivity contribution is 0.0506. The summed E-state index contributed by atoms with van der Waals surface area (Å²) in [5, 5.41) is 0. The molecule has 30 heavy (non-hydrogen) atoms. The summed E-state index contributed by atoms with van der Waals surface area (Å²) >= 11 is 0. The molecule has 0 bridgehead atoms. The second-order valence-electron chi connectivity index (χ2n) is 7.08. The predicted molar refractivity (Wildman–Crippen MR) is 119 cm³/mol. The molecule has 0 saturated heterocycles. The first-order valence-corrected chi connectivity index (χ1v) is 11.9. The molecule has 0 aromatic heterocycles. The number of hydrogen-bond acceptors (Lipinski definition) is 6. The van der Waals surface area contributed by atoms with Gasteiger partial charge >= 0.3 is 7.60 Å². The van der Waals surface area contributed by atoms with Gasteiger partial charge in [0.15, 0.2) is 13.1 Å². The molecule has 0 atom stereocenters. The third-order valence-corrected chi connectivity index (χ3v) is 6.41. The van der Waals surface area contributed by atoms with E-state index in [0.29, 0.717) is 19.0 Å². The van der Waals surface area contributed by atoms with E-state index in [-0.39, 0.29) is 13.1 Å². The second-order valence-corrected chi connectivity index (χ2v) is 9.08. The minimum absolute atomic E-state index is 0.102. The summed E-state index contributed by atoms with van der Waals surface area (Å²) in [6.45, 7) is 10.6. The molecule has 0 aliphatic heterocycles. The van der Waals surface area contributed by atoms with Crippen LogP contribution in [-0.2, 0) is 24.8 Å². The zero-order valence-electron chi connectivity index (χ0n) is 18.8. The van der Waals surface area contributed by atoms with Crippen LogP contribution in [0.1, 0.15) is 41.7 Å². The maximum atomic E-state index is 12.6. The molecular weight excluding hydrogens is 403 g/mol. The van der Waals surface area contributed by atoms with Crippen LogP contribution in [0, 0.1) is 20.8 Å². The molecule has 0 N–H and O–H groups in total. The SMILES string of the molecule is CCOP(=O)(COc1cc(C)c(Cc2ccc(OCOC)c(C)c2)c(C)c1)OCC. The summed E-state index contributed by atoms with van der Waals surface area (Å²) in [6.07, 6.45) is 0.703. The van der Waals surface area contributed by atoms with Crippen LogP contribution in [0.3, 0.4) is 0 Å². The van der Waals surface area contributed by atoms with Gasteiger partial charge in [-0.2, -0.15) is 0 Å². The highest BCUT2D eigenvalue weighted by atomic mass is 31.2. The van der Waals surface area contributed by atoms with Crippen molar-refractivity contribution >= 4 is 7.60 Å². The van der Waals surface area contributed by atoms with Crippen LogP contribution in [0.25, 0.3) is 0 Å². The third kappa shape index (κ3) is 6.85. The van der Waals surface area contributed by atoms with Crippen LogP contribution in [0.4, 0.5) is 0 Å². The number of benzene rings is 2. The first-order chi connectivity index (χ1) is 14.3. The summed E-state index contributed by atoms with van der Waals surface area (Å²) in [7, 11) is -1.64. The summed E-state index contributed by atoms with van der Waals surface area (Å²) in [5.41, 5.74) is 5.75. The molecule has 0 fully saturated rings. The van der Waals surface area contributed by atoms with Crippen LogP contribution in [0.2, 0.25) is 0 Å². The van der Waals surface area contributed by atoms with E-state index in [9.17, 15) is 4.57 Å². The van der Waals surface area contributed by atoms with Gasteiger partial charge in [0.25, 0.3) is 0 Å². The maximum absolute atomic E-state index is 12.6. The normalized spacial score (nSPS) is 11.5. The molecule has 6 nitrogen and oxygen atoms in total. The molecule has 0 heterocycles. The highest BCUT2D eigenvalue weighted by Gasteiger charge is 2.25. The van der Waals surface area contributed by atoms with Gasteiger partial charge in [0.1, 0.15) is 11.5 Å². The summed E-state index contributed by atoms with van der Waals surface area (Å²) in [4.78, 5) is 0. The molecule has 0 amide bonds. The van der Waals surface area contributed by atoms with Gasteiger partial charge in [-0.25, -0.2) is 0 Å². The fraction of sp³-hybridized carbons (Fsp3) is 0.478. The zero-order chi connectivity index (χ0) is 22.1. The smallest absolute Gasteiger partial charge is 0.367 e. The molecule has 0 aliphatic rings. The van der Waals surface area contributed by atoms with E-state index in [1.807, 2.05) is 25.1 Å². The van der Waals surface area contributed by atoms with E-state index in [2.05, 4.69) is 26.0 Å². The Morgan fingerprint density at radius 2 is 1.50 bits per heavy atom. The van der Waals surface area contributed by atoms with Crippen molar-refractivity contribution in [2.45, 2.75) is 41.0 Å². The molecule has 7 heteroatoms. The topological polar surface area (TPSA) is 63.2 Å². The van der Waals surface area contributed by atoms with Crippen molar-refractivity contribution in [3.05, 3.63) is 58.1 Å². The summed E-state index contributed by atoms with van der Waals surface area (Å²) < 4.78 is 39.5. The Bertz CT molecular complexity index is 847. The van der Waals surface area contributed by atoms with E-state index in [1.54, 1.807) is 21.0 Å². The highest BCUT2D eigenvalue weighted by Crippen LogP contribution is 2.48. The molecule has 0 unspecified atom stereocenters. The van der Waals surface area contributed by atoms with Crippen molar-refractivity contribution in [1.82, 2.24) is 0 Å². The van der Waals surface area contributed by atoms with E-state index >= 15 is 0 Å². The monoisotopic (exact) mass is 436 g/mol. The zero-order valence-corrected chi connectivity index (χ0v) is 19.7. The lowest BCUT2D eigenvalue weighted by Gasteiger charge is -2.19. The van der Waals surface area contributed by atoms with Gasteiger partial charge in [-0.05, 0) is 87.1 Å². The quantitative estimate of drug-likeness (QED) is 0.310.